The van der Waals surface area contributed by atoms with Crippen molar-refractivity contribution < 1.29 is 68.0 Å². The van der Waals surface area contributed by atoms with Gasteiger partial charge in [-0.3, -0.25) is 3.63 Å². The van der Waals surface area contributed by atoms with Crippen LogP contribution >= 0.6 is 10.3 Å². The average Bonchev–Trinajstić information content (AvgIpc) is 2.93. The second-order valence-corrected chi connectivity index (χ2v) is 18.3. The van der Waals surface area contributed by atoms with Crippen LogP contribution in [-0.2, 0) is 24.3 Å². The zero-order valence-corrected chi connectivity index (χ0v) is 30.9. The van der Waals surface area contributed by atoms with Gasteiger partial charge in [-0.15, -0.1) is 8.42 Å². The highest BCUT2D eigenvalue weighted by Gasteiger charge is 2.58. The second kappa shape index (κ2) is 15.0. The molecular weight excluding hydrogens is 721 g/mol. The Hall–Kier alpha value is -4.48. The average molecular weight is 762 g/mol. The molecule has 3 rings (SSSR count). The number of hydrogen-bond acceptors (Lipinski definition) is 11. The van der Waals surface area contributed by atoms with Gasteiger partial charge in [0.15, 0.2) is 0 Å². The van der Waals surface area contributed by atoms with Crippen molar-refractivity contribution in [2.45, 2.75) is 99.3 Å². The molecule has 0 saturated carbocycles. The van der Waals surface area contributed by atoms with Gasteiger partial charge in [0, 0.05) is 0 Å². The predicted molar refractivity (Wildman–Crippen MR) is 180 cm³/mol. The summed E-state index contributed by atoms with van der Waals surface area (Å²) >= 11 is 0. The number of alkyl halides is 3. The molecule has 17 heteroatoms. The summed E-state index contributed by atoms with van der Waals surface area (Å²) in [6, 6.07) is 14.9. The standard InChI is InChI=1S/C34H39F3O12S2/c1-31(2,3)46-28(38)43-22-10-16-25(17-11-22)50(49-51(41,42)34(35,36)37,26-18-12-23(13-19-26)44-29(39)47-32(4,5)6)27-20-14-24(15-21-27)45-30(40)48-33(7,8)9/h10-21H,1-9H3/p+1. The number of carbonyl (C=O) groups excluding carboxylic acids is 3. The van der Waals surface area contributed by atoms with E-state index in [0.29, 0.717) is 0 Å². The van der Waals surface area contributed by atoms with Crippen molar-refractivity contribution >= 4 is 38.9 Å². The molecule has 0 aliphatic carbocycles. The van der Waals surface area contributed by atoms with Crippen molar-refractivity contribution in [1.29, 1.82) is 0 Å². The summed E-state index contributed by atoms with van der Waals surface area (Å²) in [6.07, 6.45) is -3.17. The summed E-state index contributed by atoms with van der Waals surface area (Å²) in [5, 5.41) is 0. The Labute approximate surface area is 295 Å². The summed E-state index contributed by atoms with van der Waals surface area (Å²) in [6.45, 7) is 14.5. The number of ether oxygens (including phenoxy) is 6. The Balaban J connectivity index is 2.23. The first-order valence-electron chi connectivity index (χ1n) is 15.1. The van der Waals surface area contributed by atoms with Crippen LogP contribution in [0.4, 0.5) is 27.6 Å². The van der Waals surface area contributed by atoms with Gasteiger partial charge >= 0.3 is 34.1 Å². The molecule has 0 bridgehead atoms. The molecule has 0 fully saturated rings. The first kappa shape index (κ1) is 40.9. The van der Waals surface area contributed by atoms with Crippen LogP contribution in [0, 0.1) is 0 Å². The molecule has 0 amide bonds. The molecule has 1 N–H and O–H groups in total. The van der Waals surface area contributed by atoms with E-state index in [2.05, 4.69) is 3.63 Å². The zero-order valence-electron chi connectivity index (χ0n) is 29.3. The summed E-state index contributed by atoms with van der Waals surface area (Å²) in [7, 11) is -10.00. The fourth-order valence-electron chi connectivity index (χ4n) is 3.94. The molecule has 0 aliphatic rings. The Bertz CT molecular complexity index is 1630. The summed E-state index contributed by atoms with van der Waals surface area (Å²) in [5.74, 6) is -0.202. The Kier molecular flexibility index (Phi) is 12.1. The number of hydrogen-bond donors (Lipinski definition) is 0. The van der Waals surface area contributed by atoms with Crippen molar-refractivity contribution in [3.8, 4) is 17.2 Å². The van der Waals surface area contributed by atoms with E-state index in [1.807, 2.05) is 0 Å². The van der Waals surface area contributed by atoms with Crippen LogP contribution in [-0.4, -0.2) is 52.8 Å². The van der Waals surface area contributed by atoms with Gasteiger partial charge in [0.05, 0.1) is 25.0 Å². The normalized spacial score (nSPS) is 13.1. The lowest BCUT2D eigenvalue weighted by Gasteiger charge is -2.35. The van der Waals surface area contributed by atoms with Crippen molar-refractivity contribution in [1.82, 2.24) is 0 Å². The van der Waals surface area contributed by atoms with E-state index in [1.54, 1.807) is 62.3 Å². The molecule has 0 atom stereocenters. The van der Waals surface area contributed by atoms with Crippen LogP contribution in [0.5, 0.6) is 17.2 Å². The first-order valence-corrected chi connectivity index (χ1v) is 18.1. The van der Waals surface area contributed by atoms with Crippen molar-refractivity contribution in [3.05, 3.63) is 72.8 Å². The number of benzene rings is 3. The Morgan fingerprint density at radius 3 is 0.922 bits per heavy atom. The third kappa shape index (κ3) is 11.8. The minimum atomic E-state index is -6.20. The molecule has 0 aromatic heterocycles. The lowest BCUT2D eigenvalue weighted by Crippen LogP contribution is -2.30. The van der Waals surface area contributed by atoms with E-state index < -0.39 is 61.2 Å². The Morgan fingerprint density at radius 1 is 0.490 bits per heavy atom. The molecule has 280 valence electrons. The molecule has 12 nitrogen and oxygen atoms in total. The smallest absolute Gasteiger partial charge is 0.428 e. The number of rotatable bonds is 8. The van der Waals surface area contributed by atoms with Gasteiger partial charge in [-0.2, -0.15) is 13.2 Å². The molecular formula is C34H40F3O12S2+. The molecule has 51 heavy (non-hydrogen) atoms. The highest BCUT2D eigenvalue weighted by Crippen LogP contribution is 2.69. The second-order valence-electron chi connectivity index (χ2n) is 13.7. The van der Waals surface area contributed by atoms with Crippen LogP contribution in [0.2, 0.25) is 0 Å². The van der Waals surface area contributed by atoms with Crippen molar-refractivity contribution in [2.24, 2.45) is 0 Å². The van der Waals surface area contributed by atoms with Gasteiger partial charge in [-0.1, -0.05) is 0 Å². The molecule has 0 heterocycles. The quantitative estimate of drug-likeness (QED) is 0.0538. The van der Waals surface area contributed by atoms with E-state index in [4.69, 9.17) is 28.4 Å². The monoisotopic (exact) mass is 761 g/mol. The predicted octanol–water partition coefficient (Wildman–Crippen LogP) is 9.77. The van der Waals surface area contributed by atoms with E-state index in [1.165, 1.54) is 72.8 Å². The van der Waals surface area contributed by atoms with Gasteiger partial charge in [-0.25, -0.2) is 14.4 Å². The highest BCUT2D eigenvalue weighted by molar-refractivity contribution is 8.32. The SMILES string of the molecule is CC(C)(C)OC(=O)Oc1ccc(S([OH+]S(=O)(=O)C(F)(F)F)(c2ccc(OC(=O)OC(C)(C)C)cc2)c2ccc(OC(=O)OC(C)(C)C)cc2)cc1. The van der Waals surface area contributed by atoms with Crippen LogP contribution in [0.3, 0.4) is 0 Å². The van der Waals surface area contributed by atoms with Gasteiger partial charge in [-0.05, 0) is 135 Å². The topological polar surface area (TPSA) is 154 Å². The molecule has 0 saturated heterocycles. The zero-order chi connectivity index (χ0) is 38.6. The van der Waals surface area contributed by atoms with E-state index in [0.717, 1.165) is 0 Å². The number of carbonyl (C=O) groups is 3. The van der Waals surface area contributed by atoms with Gasteiger partial charge in [0.1, 0.15) is 34.1 Å². The fourth-order valence-corrected chi connectivity index (χ4v) is 8.90. The molecule has 3 aromatic carbocycles. The fraction of sp³-hybridized carbons (Fsp3) is 0.382. The Morgan fingerprint density at radius 2 is 0.725 bits per heavy atom. The van der Waals surface area contributed by atoms with Gasteiger partial charge in [0.25, 0.3) is 0 Å². The maximum Gasteiger partial charge on any atom is 0.572 e. The van der Waals surface area contributed by atoms with Crippen molar-refractivity contribution in [2.75, 3.05) is 0 Å². The number of halogens is 3. The third-order valence-corrected chi connectivity index (χ3v) is 10.9. The van der Waals surface area contributed by atoms with E-state index in [9.17, 15) is 36.0 Å². The van der Waals surface area contributed by atoms with Gasteiger partial charge in [0.2, 0.25) is 0 Å². The molecule has 0 spiro atoms. The lowest BCUT2D eigenvalue weighted by atomic mass is 10.2. The molecule has 0 aliphatic heterocycles. The maximum atomic E-state index is 14.1. The molecule has 0 unspecified atom stereocenters. The van der Waals surface area contributed by atoms with E-state index >= 15 is 0 Å². The van der Waals surface area contributed by atoms with Gasteiger partial charge < -0.3 is 28.4 Å². The summed E-state index contributed by atoms with van der Waals surface area (Å²) in [5.41, 5.74) is -8.47. The van der Waals surface area contributed by atoms with E-state index in [-0.39, 0.29) is 31.9 Å². The van der Waals surface area contributed by atoms with Crippen LogP contribution in [0.25, 0.3) is 0 Å². The largest absolute Gasteiger partial charge is 0.572 e. The summed E-state index contributed by atoms with van der Waals surface area (Å²) in [4.78, 5) is 36.7. The minimum Gasteiger partial charge on any atom is -0.428 e. The van der Waals surface area contributed by atoms with Crippen LogP contribution < -0.4 is 14.2 Å². The molecule has 3 aromatic rings. The minimum absolute atomic E-state index is 0.0477. The van der Waals surface area contributed by atoms with Crippen molar-refractivity contribution in [3.63, 3.8) is 0 Å². The molecule has 0 radical (unpaired) electrons. The summed E-state index contributed by atoms with van der Waals surface area (Å²) < 4.78 is 103. The van der Waals surface area contributed by atoms with Crippen LogP contribution in [0.1, 0.15) is 62.3 Å². The third-order valence-electron chi connectivity index (χ3n) is 5.77. The first-order chi connectivity index (χ1) is 23.2. The van der Waals surface area contributed by atoms with Crippen LogP contribution in [0.15, 0.2) is 87.5 Å². The maximum absolute atomic E-state index is 14.1. The highest BCUT2D eigenvalue weighted by atomic mass is 32.3. The lowest BCUT2D eigenvalue weighted by molar-refractivity contribution is -0.0541.